The summed E-state index contributed by atoms with van der Waals surface area (Å²) in [5.74, 6) is 3.07. The summed E-state index contributed by atoms with van der Waals surface area (Å²) in [4.78, 5) is 9.07. The van der Waals surface area contributed by atoms with E-state index in [1.807, 2.05) is 50.2 Å². The number of nitrogens with one attached hydrogen (secondary N) is 2. The maximum absolute atomic E-state index is 9.24. The molecule has 0 bridgehead atoms. The van der Waals surface area contributed by atoms with Gasteiger partial charge in [0.05, 0.1) is 13.2 Å². The predicted octanol–water partition coefficient (Wildman–Crippen LogP) is 4.74. The van der Waals surface area contributed by atoms with Crippen LogP contribution in [0.1, 0.15) is 45.6 Å². The summed E-state index contributed by atoms with van der Waals surface area (Å²) in [6, 6.07) is 11.4. The van der Waals surface area contributed by atoms with E-state index in [1.54, 1.807) is 6.20 Å². The van der Waals surface area contributed by atoms with E-state index in [0.717, 1.165) is 43.9 Å². The fourth-order valence-corrected chi connectivity index (χ4v) is 3.18. The minimum atomic E-state index is 0. The smallest absolute Gasteiger partial charge is 0.219 e. The van der Waals surface area contributed by atoms with Crippen LogP contribution in [0, 0.1) is 5.92 Å². The first-order chi connectivity index (χ1) is 15.2. The van der Waals surface area contributed by atoms with E-state index in [2.05, 4.69) is 27.5 Å². The van der Waals surface area contributed by atoms with Gasteiger partial charge in [-0.3, -0.25) is 0 Å². The maximum atomic E-state index is 9.24. The van der Waals surface area contributed by atoms with Crippen LogP contribution in [0.15, 0.2) is 47.6 Å². The highest BCUT2D eigenvalue weighted by molar-refractivity contribution is 14.0. The van der Waals surface area contributed by atoms with Gasteiger partial charge < -0.3 is 25.2 Å². The summed E-state index contributed by atoms with van der Waals surface area (Å²) in [7, 11) is 0. The lowest BCUT2D eigenvalue weighted by atomic mass is 10.0. The fourth-order valence-electron chi connectivity index (χ4n) is 3.18. The zero-order valence-corrected chi connectivity index (χ0v) is 21.7. The molecule has 2 aromatic rings. The zero-order valence-electron chi connectivity index (χ0n) is 19.3. The van der Waals surface area contributed by atoms with Crippen LogP contribution >= 0.6 is 24.0 Å². The average Bonchev–Trinajstić information content (AvgIpc) is 2.78. The lowest BCUT2D eigenvalue weighted by Gasteiger charge is -2.18. The Morgan fingerprint density at radius 3 is 2.47 bits per heavy atom. The summed E-state index contributed by atoms with van der Waals surface area (Å²) in [5, 5.41) is 15.9. The number of para-hydroxylation sites is 2. The van der Waals surface area contributed by atoms with Crippen molar-refractivity contribution in [2.75, 3.05) is 26.3 Å². The minimum Gasteiger partial charge on any atom is -0.490 e. The minimum absolute atomic E-state index is 0. The predicted molar refractivity (Wildman–Crippen MR) is 140 cm³/mol. The van der Waals surface area contributed by atoms with Crippen LogP contribution in [0.2, 0.25) is 0 Å². The van der Waals surface area contributed by atoms with Crippen molar-refractivity contribution in [1.82, 2.24) is 15.6 Å². The Morgan fingerprint density at radius 1 is 1.06 bits per heavy atom. The molecule has 0 aliphatic rings. The van der Waals surface area contributed by atoms with E-state index in [4.69, 9.17) is 9.47 Å². The second-order valence-corrected chi connectivity index (χ2v) is 7.23. The Bertz CT molecular complexity index is 781. The van der Waals surface area contributed by atoms with E-state index < -0.39 is 0 Å². The summed E-state index contributed by atoms with van der Waals surface area (Å²) in [6.07, 6.45) is 4.77. The number of hydrogen-bond donors (Lipinski definition) is 3. The molecule has 8 heteroatoms. The Hall–Kier alpha value is -2.07. The van der Waals surface area contributed by atoms with Gasteiger partial charge in [0.15, 0.2) is 17.5 Å². The first kappa shape index (κ1) is 28.0. The van der Waals surface area contributed by atoms with E-state index >= 15 is 0 Å². The molecule has 0 radical (unpaired) electrons. The number of aliphatic imine (C=N–C) groups is 1. The highest BCUT2D eigenvalue weighted by Crippen LogP contribution is 2.30. The summed E-state index contributed by atoms with van der Waals surface area (Å²) >= 11 is 0. The average molecular weight is 556 g/mol. The lowest BCUT2D eigenvalue weighted by molar-refractivity contribution is 0.251. The van der Waals surface area contributed by atoms with E-state index in [9.17, 15) is 5.11 Å². The molecule has 178 valence electrons. The van der Waals surface area contributed by atoms with Crippen molar-refractivity contribution in [2.24, 2.45) is 10.9 Å². The third-order valence-corrected chi connectivity index (χ3v) is 4.72. The molecule has 0 saturated heterocycles. The molecule has 1 aromatic heterocycles. The van der Waals surface area contributed by atoms with Gasteiger partial charge in [0, 0.05) is 32.0 Å². The van der Waals surface area contributed by atoms with Gasteiger partial charge >= 0.3 is 0 Å². The topological polar surface area (TPSA) is 88.0 Å². The second kappa shape index (κ2) is 16.5. The van der Waals surface area contributed by atoms with Gasteiger partial charge in [0.1, 0.15) is 0 Å². The quantitative estimate of drug-likeness (QED) is 0.188. The van der Waals surface area contributed by atoms with E-state index in [-0.39, 0.29) is 30.6 Å². The van der Waals surface area contributed by atoms with Gasteiger partial charge in [-0.25, -0.2) is 9.98 Å². The monoisotopic (exact) mass is 556 g/mol. The van der Waals surface area contributed by atoms with Crippen LogP contribution in [-0.4, -0.2) is 42.4 Å². The number of rotatable bonds is 13. The van der Waals surface area contributed by atoms with Crippen molar-refractivity contribution in [3.8, 4) is 17.4 Å². The molecule has 0 aliphatic carbocycles. The largest absolute Gasteiger partial charge is 0.490 e. The third kappa shape index (κ3) is 10.0. The van der Waals surface area contributed by atoms with Crippen molar-refractivity contribution in [2.45, 2.75) is 46.6 Å². The molecular weight excluding hydrogens is 519 g/mol. The van der Waals surface area contributed by atoms with Gasteiger partial charge in [-0.05, 0) is 50.3 Å². The first-order valence-corrected chi connectivity index (χ1v) is 11.2. The van der Waals surface area contributed by atoms with Gasteiger partial charge in [-0.1, -0.05) is 31.5 Å². The standard InChI is InChI=1S/C24H36N4O3.HI/c1-4-9-19(14-15-29)16-27-24(25-5-2)28-18-20-12-13-23(26-17-20)31-22-11-8-7-10-21(22)30-6-3;/h7-8,10-13,17,19,29H,4-6,9,14-16,18H2,1-3H3,(H2,25,27,28);1H. The van der Waals surface area contributed by atoms with Crippen LogP contribution in [0.3, 0.4) is 0 Å². The molecule has 0 fully saturated rings. The highest BCUT2D eigenvalue weighted by Gasteiger charge is 2.09. The molecule has 0 spiro atoms. The van der Waals surface area contributed by atoms with Gasteiger partial charge in [0.2, 0.25) is 5.88 Å². The number of aromatic nitrogens is 1. The number of ether oxygens (including phenoxy) is 2. The number of aliphatic hydroxyl groups is 1. The number of halogens is 1. The molecule has 7 nitrogen and oxygen atoms in total. The molecule has 0 saturated carbocycles. The molecule has 1 atom stereocenters. The van der Waals surface area contributed by atoms with Crippen LogP contribution in [0.4, 0.5) is 0 Å². The van der Waals surface area contributed by atoms with Gasteiger partial charge in [-0.2, -0.15) is 0 Å². The number of nitrogens with zero attached hydrogens (tertiary/aromatic N) is 2. The van der Waals surface area contributed by atoms with Crippen LogP contribution in [-0.2, 0) is 6.54 Å². The number of guanidine groups is 1. The molecule has 0 amide bonds. The lowest BCUT2D eigenvalue weighted by Crippen LogP contribution is -2.40. The van der Waals surface area contributed by atoms with Crippen molar-refractivity contribution in [3.05, 3.63) is 48.2 Å². The molecule has 1 unspecified atom stereocenters. The van der Waals surface area contributed by atoms with Crippen molar-refractivity contribution >= 4 is 29.9 Å². The summed E-state index contributed by atoms with van der Waals surface area (Å²) in [6.45, 7) is 9.04. The summed E-state index contributed by atoms with van der Waals surface area (Å²) < 4.78 is 11.5. The Labute approximate surface area is 209 Å². The van der Waals surface area contributed by atoms with Crippen molar-refractivity contribution in [1.29, 1.82) is 0 Å². The van der Waals surface area contributed by atoms with Gasteiger partial charge in [0.25, 0.3) is 0 Å². The highest BCUT2D eigenvalue weighted by atomic mass is 127. The Kier molecular flexibility index (Phi) is 14.5. The third-order valence-electron chi connectivity index (χ3n) is 4.72. The summed E-state index contributed by atoms with van der Waals surface area (Å²) in [5.41, 5.74) is 0.989. The van der Waals surface area contributed by atoms with Gasteiger partial charge in [-0.15, -0.1) is 24.0 Å². The Morgan fingerprint density at radius 2 is 1.84 bits per heavy atom. The second-order valence-electron chi connectivity index (χ2n) is 7.23. The van der Waals surface area contributed by atoms with E-state index in [1.165, 1.54) is 0 Å². The van der Waals surface area contributed by atoms with Crippen molar-refractivity contribution in [3.63, 3.8) is 0 Å². The maximum Gasteiger partial charge on any atom is 0.219 e. The Balaban J connectivity index is 0.00000512. The van der Waals surface area contributed by atoms with E-state index in [0.29, 0.717) is 36.4 Å². The molecule has 0 aliphatic heterocycles. The fraction of sp³-hybridized carbons (Fsp3) is 0.500. The number of hydrogen-bond acceptors (Lipinski definition) is 5. The molecule has 3 N–H and O–H groups in total. The number of aliphatic hydroxyl groups excluding tert-OH is 1. The van der Waals surface area contributed by atoms with Crippen LogP contribution in [0.25, 0.3) is 0 Å². The molecular formula is C24H37IN4O3. The molecule has 1 heterocycles. The zero-order chi connectivity index (χ0) is 22.3. The molecule has 1 aromatic carbocycles. The molecule has 2 rings (SSSR count). The van der Waals surface area contributed by atoms with Crippen LogP contribution in [0.5, 0.6) is 17.4 Å². The first-order valence-electron chi connectivity index (χ1n) is 11.2. The molecule has 32 heavy (non-hydrogen) atoms. The number of pyridine rings is 1. The normalized spacial score (nSPS) is 11.9. The van der Waals surface area contributed by atoms with Crippen LogP contribution < -0.4 is 20.1 Å². The number of benzene rings is 1. The SMILES string of the molecule is CCCC(CCO)CNC(=NCc1ccc(Oc2ccccc2OCC)nc1)NCC.I. The van der Waals surface area contributed by atoms with Crippen molar-refractivity contribution < 1.29 is 14.6 Å².